The van der Waals surface area contributed by atoms with Gasteiger partial charge in [0.2, 0.25) is 5.89 Å². The summed E-state index contributed by atoms with van der Waals surface area (Å²) in [5.41, 5.74) is 0.220. The molecule has 0 fully saturated rings. The van der Waals surface area contributed by atoms with E-state index in [1.165, 1.54) is 24.3 Å². The number of nitrogens with zero attached hydrogens (tertiary/aromatic N) is 2. The molecular weight excluding hydrogens is 361 g/mol. The molecule has 3 rings (SSSR count). The summed E-state index contributed by atoms with van der Waals surface area (Å²) < 4.78 is 42.5. The van der Waals surface area contributed by atoms with Crippen LogP contribution in [0.1, 0.15) is 16.2 Å². The predicted octanol–water partition coefficient (Wildman–Crippen LogP) is 2.48. The zero-order chi connectivity index (χ0) is 18.6. The molecule has 0 aliphatic heterocycles. The Morgan fingerprint density at radius 3 is 2.42 bits per heavy atom. The molecule has 0 atom stereocenters. The van der Waals surface area contributed by atoms with Gasteiger partial charge in [0.15, 0.2) is 9.84 Å². The van der Waals surface area contributed by atoms with E-state index in [4.69, 9.17) is 4.42 Å². The van der Waals surface area contributed by atoms with Gasteiger partial charge in [0.1, 0.15) is 5.82 Å². The molecule has 0 spiro atoms. The summed E-state index contributed by atoms with van der Waals surface area (Å²) in [6.45, 7) is 0. The van der Waals surface area contributed by atoms with Gasteiger partial charge in [-0.2, -0.15) is 0 Å². The topological polar surface area (TPSA) is 102 Å². The second-order valence-corrected chi connectivity index (χ2v) is 7.45. The third-order valence-electron chi connectivity index (χ3n) is 3.48. The highest BCUT2D eigenvalue weighted by Gasteiger charge is 2.17. The molecule has 26 heavy (non-hydrogen) atoms. The van der Waals surface area contributed by atoms with E-state index >= 15 is 0 Å². The van der Waals surface area contributed by atoms with Crippen molar-refractivity contribution in [1.29, 1.82) is 0 Å². The Kier molecular flexibility index (Phi) is 5.08. The Hall–Kier alpha value is -3.07. The number of benzene rings is 2. The molecule has 0 aliphatic rings. The Balaban J connectivity index is 1.61. The minimum atomic E-state index is -3.47. The molecule has 1 N–H and O–H groups in total. The highest BCUT2D eigenvalue weighted by atomic mass is 32.2. The Labute approximate surface area is 148 Å². The van der Waals surface area contributed by atoms with Gasteiger partial charge in [0.25, 0.3) is 5.91 Å². The summed E-state index contributed by atoms with van der Waals surface area (Å²) >= 11 is 0. The van der Waals surface area contributed by atoms with E-state index in [2.05, 4.69) is 15.5 Å². The number of halogens is 1. The van der Waals surface area contributed by atoms with Gasteiger partial charge >= 0.3 is 6.01 Å². The SMILES string of the molecule is O=C(Nc1nnc(CCS(=O)(=O)c2ccccc2)o1)c1ccc(F)cc1. The van der Waals surface area contributed by atoms with Crippen molar-refractivity contribution in [1.82, 2.24) is 10.2 Å². The van der Waals surface area contributed by atoms with Crippen molar-refractivity contribution < 1.29 is 22.0 Å². The van der Waals surface area contributed by atoms with Crippen LogP contribution in [-0.2, 0) is 16.3 Å². The fourth-order valence-corrected chi connectivity index (χ4v) is 3.39. The number of rotatable bonds is 6. The van der Waals surface area contributed by atoms with Crippen LogP contribution in [0.25, 0.3) is 0 Å². The average molecular weight is 375 g/mol. The van der Waals surface area contributed by atoms with E-state index in [1.807, 2.05) is 0 Å². The summed E-state index contributed by atoms with van der Waals surface area (Å²) in [6.07, 6.45) is 0.0106. The number of aryl methyl sites for hydroxylation is 1. The first-order valence-corrected chi connectivity index (χ1v) is 9.26. The number of anilines is 1. The third-order valence-corrected chi connectivity index (χ3v) is 5.21. The summed E-state index contributed by atoms with van der Waals surface area (Å²) in [6, 6.07) is 12.8. The molecule has 0 radical (unpaired) electrons. The molecule has 2 aromatic carbocycles. The van der Waals surface area contributed by atoms with Gasteiger partial charge in [-0.25, -0.2) is 12.8 Å². The number of aromatic nitrogens is 2. The number of carbonyl (C=O) groups excluding carboxylic acids is 1. The lowest BCUT2D eigenvalue weighted by Gasteiger charge is -2.02. The second kappa shape index (κ2) is 7.44. The van der Waals surface area contributed by atoms with E-state index in [0.717, 1.165) is 12.1 Å². The zero-order valence-corrected chi connectivity index (χ0v) is 14.2. The molecule has 0 saturated heterocycles. The van der Waals surface area contributed by atoms with Gasteiger partial charge in [0.05, 0.1) is 10.6 Å². The van der Waals surface area contributed by atoms with Crippen molar-refractivity contribution >= 4 is 21.8 Å². The first kappa shape index (κ1) is 17.7. The van der Waals surface area contributed by atoms with Crippen molar-refractivity contribution in [3.05, 3.63) is 71.9 Å². The summed E-state index contributed by atoms with van der Waals surface area (Å²) in [7, 11) is -3.47. The minimum Gasteiger partial charge on any atom is -0.408 e. The molecule has 7 nitrogen and oxygen atoms in total. The van der Waals surface area contributed by atoms with Gasteiger partial charge in [-0.1, -0.05) is 23.3 Å². The van der Waals surface area contributed by atoms with E-state index in [1.54, 1.807) is 18.2 Å². The van der Waals surface area contributed by atoms with E-state index in [-0.39, 0.29) is 34.5 Å². The molecule has 134 valence electrons. The maximum atomic E-state index is 12.9. The number of hydrogen-bond donors (Lipinski definition) is 1. The van der Waals surface area contributed by atoms with Crippen LogP contribution in [-0.4, -0.2) is 30.3 Å². The molecule has 1 aromatic heterocycles. The second-order valence-electron chi connectivity index (χ2n) is 5.34. The Morgan fingerprint density at radius 1 is 1.04 bits per heavy atom. The van der Waals surface area contributed by atoms with E-state index < -0.39 is 21.6 Å². The molecule has 9 heteroatoms. The lowest BCUT2D eigenvalue weighted by Crippen LogP contribution is -2.12. The van der Waals surface area contributed by atoms with Crippen molar-refractivity contribution in [3.8, 4) is 0 Å². The summed E-state index contributed by atoms with van der Waals surface area (Å²) in [5.74, 6) is -1.12. The molecule has 0 aliphatic carbocycles. The number of amides is 1. The van der Waals surface area contributed by atoms with Crippen LogP contribution in [0.5, 0.6) is 0 Å². The van der Waals surface area contributed by atoms with Gasteiger partial charge in [-0.3, -0.25) is 10.1 Å². The van der Waals surface area contributed by atoms with Crippen molar-refractivity contribution in [2.24, 2.45) is 0 Å². The largest absolute Gasteiger partial charge is 0.408 e. The van der Waals surface area contributed by atoms with Gasteiger partial charge < -0.3 is 4.42 Å². The molecule has 0 bridgehead atoms. The first-order chi connectivity index (χ1) is 12.4. The predicted molar refractivity (Wildman–Crippen MR) is 90.9 cm³/mol. The van der Waals surface area contributed by atoms with Crippen LogP contribution in [0, 0.1) is 5.82 Å². The van der Waals surface area contributed by atoms with Crippen LogP contribution in [0.3, 0.4) is 0 Å². The first-order valence-electron chi connectivity index (χ1n) is 7.61. The van der Waals surface area contributed by atoms with Crippen molar-refractivity contribution in [2.45, 2.75) is 11.3 Å². The molecule has 1 heterocycles. The Bertz CT molecular complexity index is 1000. The van der Waals surface area contributed by atoms with Crippen LogP contribution < -0.4 is 5.32 Å². The number of nitrogens with one attached hydrogen (secondary N) is 1. The highest BCUT2D eigenvalue weighted by molar-refractivity contribution is 7.91. The van der Waals surface area contributed by atoms with Crippen LogP contribution in [0.15, 0.2) is 63.9 Å². The molecular formula is C17H14FN3O4S. The minimum absolute atomic E-state index is 0.0106. The quantitative estimate of drug-likeness (QED) is 0.710. The summed E-state index contributed by atoms with van der Waals surface area (Å²) in [4.78, 5) is 12.2. The zero-order valence-electron chi connectivity index (χ0n) is 13.4. The van der Waals surface area contributed by atoms with Crippen LogP contribution in [0.2, 0.25) is 0 Å². The average Bonchev–Trinajstić information content (AvgIpc) is 3.09. The lowest BCUT2D eigenvalue weighted by atomic mass is 10.2. The fraction of sp³-hybridized carbons (Fsp3) is 0.118. The maximum Gasteiger partial charge on any atom is 0.322 e. The standard InChI is InChI=1S/C17H14FN3O4S/c18-13-8-6-12(7-9-13)16(22)19-17-21-20-15(25-17)10-11-26(23,24)14-4-2-1-3-5-14/h1-9H,10-11H2,(H,19,21,22). The lowest BCUT2D eigenvalue weighted by molar-refractivity contribution is 0.102. The normalized spacial score (nSPS) is 11.3. The number of hydrogen-bond acceptors (Lipinski definition) is 6. The molecule has 0 unspecified atom stereocenters. The van der Waals surface area contributed by atoms with Crippen molar-refractivity contribution in [3.63, 3.8) is 0 Å². The number of carbonyl (C=O) groups is 1. The van der Waals surface area contributed by atoms with Gasteiger partial charge in [0, 0.05) is 12.0 Å². The number of sulfone groups is 1. The third kappa shape index (κ3) is 4.31. The van der Waals surface area contributed by atoms with E-state index in [0.29, 0.717) is 0 Å². The van der Waals surface area contributed by atoms with Crippen LogP contribution >= 0.6 is 0 Å². The highest BCUT2D eigenvalue weighted by Crippen LogP contribution is 2.14. The smallest absolute Gasteiger partial charge is 0.322 e. The summed E-state index contributed by atoms with van der Waals surface area (Å²) in [5, 5.41) is 9.75. The monoisotopic (exact) mass is 375 g/mol. The fourth-order valence-electron chi connectivity index (χ4n) is 2.14. The van der Waals surface area contributed by atoms with E-state index in [9.17, 15) is 17.6 Å². The van der Waals surface area contributed by atoms with Crippen molar-refractivity contribution in [2.75, 3.05) is 11.1 Å². The van der Waals surface area contributed by atoms with Crippen LogP contribution in [0.4, 0.5) is 10.4 Å². The van der Waals surface area contributed by atoms with Gasteiger partial charge in [-0.05, 0) is 36.4 Å². The molecule has 3 aromatic rings. The molecule has 1 amide bonds. The Morgan fingerprint density at radius 2 is 1.73 bits per heavy atom. The molecule has 0 saturated carbocycles. The maximum absolute atomic E-state index is 12.9. The van der Waals surface area contributed by atoms with Gasteiger partial charge in [-0.15, -0.1) is 5.10 Å².